The largest absolute Gasteiger partial charge is 0.323 e. The van der Waals surface area contributed by atoms with Crippen LogP contribution in [0.4, 0.5) is 0 Å². The lowest BCUT2D eigenvalue weighted by Gasteiger charge is -1.88. The molecule has 0 unspecified atom stereocenters. The number of rotatable bonds is 1. The van der Waals surface area contributed by atoms with Gasteiger partial charge in [0, 0.05) is 0 Å². The monoisotopic (exact) mass is 139 g/mol. The lowest BCUT2D eigenvalue weighted by Crippen LogP contribution is -1.89. The summed E-state index contributed by atoms with van der Waals surface area (Å²) in [5.74, 6) is 0. The highest BCUT2D eigenvalue weighted by Gasteiger charge is 1.91. The molecule has 0 bridgehead atoms. The van der Waals surface area contributed by atoms with E-state index >= 15 is 0 Å². The molecule has 0 saturated carbocycles. The summed E-state index contributed by atoms with van der Waals surface area (Å²) in [7, 11) is 3.75. The van der Waals surface area contributed by atoms with Gasteiger partial charge in [-0.3, -0.25) is 0 Å². The van der Waals surface area contributed by atoms with Crippen LogP contribution in [-0.4, -0.2) is 14.1 Å². The van der Waals surface area contributed by atoms with E-state index in [-0.39, 0.29) is 0 Å². The van der Waals surface area contributed by atoms with Gasteiger partial charge in [0.05, 0.1) is 0 Å². The highest BCUT2D eigenvalue weighted by molar-refractivity contribution is 5.22. The first-order valence-electron chi connectivity index (χ1n) is 3.78. The van der Waals surface area contributed by atoms with E-state index in [0.29, 0.717) is 0 Å². The number of hydrogen-bond donors (Lipinski definition) is 1. The topological polar surface area (TPSA) is 12.0 Å². The van der Waals surface area contributed by atoms with Gasteiger partial charge in [-0.05, 0) is 26.9 Å². The molecular formula is C9H17N. The molecule has 0 saturated heterocycles. The van der Waals surface area contributed by atoms with Gasteiger partial charge in [0.2, 0.25) is 0 Å². The Balaban J connectivity index is 0.000000236. The Hall–Kier alpha value is -0.560. The molecule has 0 fully saturated rings. The van der Waals surface area contributed by atoms with Crippen LogP contribution < -0.4 is 5.32 Å². The number of allylic oxidation sites excluding steroid dienone is 4. The zero-order chi connectivity index (χ0) is 7.82. The van der Waals surface area contributed by atoms with E-state index < -0.39 is 0 Å². The van der Waals surface area contributed by atoms with Crippen LogP contribution in [0, 0.1) is 0 Å². The van der Waals surface area contributed by atoms with E-state index in [1.807, 2.05) is 14.1 Å². The molecule has 0 aromatic heterocycles. The Morgan fingerprint density at radius 2 is 2.10 bits per heavy atom. The van der Waals surface area contributed by atoms with Gasteiger partial charge in [0.15, 0.2) is 0 Å². The van der Waals surface area contributed by atoms with Crippen LogP contribution in [0.5, 0.6) is 0 Å². The smallest absolute Gasteiger partial charge is 0.0133 e. The van der Waals surface area contributed by atoms with Gasteiger partial charge in [-0.15, -0.1) is 0 Å². The molecule has 0 amide bonds. The van der Waals surface area contributed by atoms with Crippen molar-refractivity contribution in [2.75, 3.05) is 14.1 Å². The maximum absolute atomic E-state index is 2.75. The molecule has 0 atom stereocenters. The molecule has 0 heterocycles. The zero-order valence-corrected chi connectivity index (χ0v) is 7.15. The van der Waals surface area contributed by atoms with Crippen molar-refractivity contribution in [3.05, 3.63) is 23.8 Å². The zero-order valence-electron chi connectivity index (χ0n) is 7.15. The first kappa shape index (κ1) is 9.44. The van der Waals surface area contributed by atoms with E-state index in [9.17, 15) is 0 Å². The van der Waals surface area contributed by atoms with E-state index in [1.165, 1.54) is 12.8 Å². The lowest BCUT2D eigenvalue weighted by molar-refractivity contribution is 1.02. The first-order valence-corrected chi connectivity index (χ1v) is 3.78. The fourth-order valence-corrected chi connectivity index (χ4v) is 0.754. The summed E-state index contributed by atoms with van der Waals surface area (Å²) in [5.41, 5.74) is 1.56. The molecule has 1 aliphatic rings. The third-order valence-electron chi connectivity index (χ3n) is 1.30. The third-order valence-corrected chi connectivity index (χ3v) is 1.30. The van der Waals surface area contributed by atoms with Gasteiger partial charge in [0.1, 0.15) is 0 Å². The minimum atomic E-state index is 1.19. The molecule has 0 aliphatic heterocycles. The Labute approximate surface area is 63.8 Å². The average Bonchev–Trinajstić information content (AvgIpc) is 2.39. The maximum atomic E-state index is 2.75. The highest BCUT2D eigenvalue weighted by Crippen LogP contribution is 2.12. The molecule has 0 aromatic rings. The van der Waals surface area contributed by atoms with E-state index in [0.717, 1.165) is 0 Å². The van der Waals surface area contributed by atoms with E-state index in [4.69, 9.17) is 0 Å². The summed E-state index contributed by atoms with van der Waals surface area (Å²) in [6.45, 7) is 2.19. The lowest BCUT2D eigenvalue weighted by atomic mass is 10.2. The summed E-state index contributed by atoms with van der Waals surface area (Å²) in [5, 5.41) is 2.75. The van der Waals surface area contributed by atoms with Crippen molar-refractivity contribution in [2.24, 2.45) is 0 Å². The summed E-state index contributed by atoms with van der Waals surface area (Å²) < 4.78 is 0. The minimum absolute atomic E-state index is 1.19. The predicted molar refractivity (Wildman–Crippen MR) is 47.1 cm³/mol. The Morgan fingerprint density at radius 3 is 2.30 bits per heavy atom. The Bertz CT molecular complexity index is 123. The molecule has 0 spiro atoms. The van der Waals surface area contributed by atoms with Crippen LogP contribution >= 0.6 is 0 Å². The van der Waals surface area contributed by atoms with Crippen LogP contribution in [-0.2, 0) is 0 Å². The Kier molecular flexibility index (Phi) is 6.19. The fourth-order valence-electron chi connectivity index (χ4n) is 0.754. The maximum Gasteiger partial charge on any atom is -0.0133 e. The fraction of sp³-hybridized carbons (Fsp3) is 0.556. The van der Waals surface area contributed by atoms with Crippen molar-refractivity contribution in [1.29, 1.82) is 0 Å². The molecule has 0 radical (unpaired) electrons. The van der Waals surface area contributed by atoms with Crippen LogP contribution in [0.3, 0.4) is 0 Å². The normalized spacial score (nSPS) is 14.1. The number of hydrogen-bond acceptors (Lipinski definition) is 1. The van der Waals surface area contributed by atoms with Gasteiger partial charge in [0.25, 0.3) is 0 Å². The molecule has 1 aliphatic carbocycles. The minimum Gasteiger partial charge on any atom is -0.323 e. The van der Waals surface area contributed by atoms with Crippen LogP contribution in [0.25, 0.3) is 0 Å². The van der Waals surface area contributed by atoms with Gasteiger partial charge < -0.3 is 5.32 Å². The molecule has 1 rings (SSSR count). The molecule has 1 N–H and O–H groups in total. The van der Waals surface area contributed by atoms with Crippen molar-refractivity contribution >= 4 is 0 Å². The second kappa shape index (κ2) is 6.56. The Morgan fingerprint density at radius 1 is 1.50 bits per heavy atom. The van der Waals surface area contributed by atoms with Crippen molar-refractivity contribution in [3.63, 3.8) is 0 Å². The quantitative estimate of drug-likeness (QED) is 0.586. The second-order valence-electron chi connectivity index (χ2n) is 2.31. The predicted octanol–water partition coefficient (Wildman–Crippen LogP) is 2.12. The van der Waals surface area contributed by atoms with Crippen LogP contribution in [0.15, 0.2) is 23.8 Å². The van der Waals surface area contributed by atoms with Crippen LogP contribution in [0.2, 0.25) is 0 Å². The molecule has 0 aromatic carbocycles. The van der Waals surface area contributed by atoms with Crippen LogP contribution in [0.1, 0.15) is 19.8 Å². The van der Waals surface area contributed by atoms with Crippen molar-refractivity contribution < 1.29 is 0 Å². The number of nitrogens with one attached hydrogen (secondary N) is 1. The van der Waals surface area contributed by atoms with E-state index in [1.54, 1.807) is 5.57 Å². The molecule has 1 heteroatoms. The van der Waals surface area contributed by atoms with Crippen molar-refractivity contribution in [1.82, 2.24) is 5.32 Å². The SMILES string of the molecule is CCC1=CC=CC1.CNC. The van der Waals surface area contributed by atoms with Crippen molar-refractivity contribution in [3.8, 4) is 0 Å². The average molecular weight is 139 g/mol. The molecular weight excluding hydrogens is 122 g/mol. The van der Waals surface area contributed by atoms with Gasteiger partial charge >= 0.3 is 0 Å². The van der Waals surface area contributed by atoms with Gasteiger partial charge in [-0.2, -0.15) is 0 Å². The summed E-state index contributed by atoms with van der Waals surface area (Å²) >= 11 is 0. The summed E-state index contributed by atoms with van der Waals surface area (Å²) in [6, 6.07) is 0. The molecule has 10 heavy (non-hydrogen) atoms. The summed E-state index contributed by atoms with van der Waals surface area (Å²) in [4.78, 5) is 0. The van der Waals surface area contributed by atoms with Crippen molar-refractivity contribution in [2.45, 2.75) is 19.8 Å². The second-order valence-corrected chi connectivity index (χ2v) is 2.31. The van der Waals surface area contributed by atoms with Gasteiger partial charge in [-0.1, -0.05) is 30.7 Å². The summed E-state index contributed by atoms with van der Waals surface area (Å²) in [6.07, 6.45) is 8.92. The van der Waals surface area contributed by atoms with Gasteiger partial charge in [-0.25, -0.2) is 0 Å². The third kappa shape index (κ3) is 4.33. The van der Waals surface area contributed by atoms with E-state index in [2.05, 4.69) is 30.5 Å². The standard InChI is InChI=1S/C7H10.C2H7N/c1-2-7-5-3-4-6-7;1-3-2/h3-5H,2,6H2,1H3;3H,1-2H3. The highest BCUT2D eigenvalue weighted by atomic mass is 14.7. The molecule has 58 valence electrons. The first-order chi connectivity index (χ1) is 4.85. The molecule has 1 nitrogen and oxygen atoms in total.